The Morgan fingerprint density at radius 1 is 1.08 bits per heavy atom. The summed E-state index contributed by atoms with van der Waals surface area (Å²) in [4.78, 5) is 14.8. The van der Waals surface area contributed by atoms with Crippen LogP contribution in [0.2, 0.25) is 5.02 Å². The Morgan fingerprint density at radius 3 is 2.20 bits per heavy atom. The third kappa shape index (κ3) is 5.61. The summed E-state index contributed by atoms with van der Waals surface area (Å²) in [5.41, 5.74) is 10.2. The predicted octanol–water partition coefficient (Wildman–Crippen LogP) is 1.62. The fourth-order valence-corrected chi connectivity index (χ4v) is 2.57. The van der Waals surface area contributed by atoms with Crippen molar-refractivity contribution < 1.29 is 17.9 Å². The molecule has 0 aliphatic carbocycles. The molecule has 0 saturated heterocycles. The zero-order chi connectivity index (χ0) is 17.9. The van der Waals surface area contributed by atoms with E-state index < -0.39 is 21.9 Å². The number of aliphatic imine (C=N–C) groups is 1. The van der Waals surface area contributed by atoms with Gasteiger partial charge in [0.1, 0.15) is 16.4 Å². The first-order chi connectivity index (χ1) is 11.2. The molecule has 25 heavy (non-hydrogen) atoms. The molecule has 0 spiro atoms. The lowest BCUT2D eigenvalue weighted by Gasteiger charge is -2.11. The Balaban J connectivity index is 0.00000312. The first-order valence-corrected chi connectivity index (χ1v) is 8.33. The fourth-order valence-electron chi connectivity index (χ4n) is 1.76. The summed E-state index contributed by atoms with van der Waals surface area (Å²) in [7, 11) is -4.16. The van der Waals surface area contributed by atoms with Gasteiger partial charge in [-0.1, -0.05) is 11.6 Å². The second-order valence-electron chi connectivity index (χ2n) is 4.60. The van der Waals surface area contributed by atoms with Crippen molar-refractivity contribution in [1.82, 2.24) is 0 Å². The second-order valence-corrected chi connectivity index (χ2v) is 6.57. The Morgan fingerprint density at radius 2 is 1.68 bits per heavy atom. The molecule has 0 bridgehead atoms. The number of primary sulfonamides is 1. The Bertz CT molecular complexity index is 911. The molecule has 0 atom stereocenters. The molecule has 0 saturated carbocycles. The molecule has 2 aromatic rings. The molecule has 2 aromatic carbocycles. The molecule has 134 valence electrons. The van der Waals surface area contributed by atoms with Crippen molar-refractivity contribution in [1.29, 1.82) is 0 Å². The minimum atomic E-state index is -4.16. The van der Waals surface area contributed by atoms with Gasteiger partial charge in [0.2, 0.25) is 10.0 Å². The Kier molecular flexibility index (Phi) is 6.77. The lowest BCUT2D eigenvalue weighted by molar-refractivity contribution is 0.100. The van der Waals surface area contributed by atoms with Crippen molar-refractivity contribution in [3.8, 4) is 11.5 Å². The van der Waals surface area contributed by atoms with Crippen molar-refractivity contribution >= 4 is 45.9 Å². The van der Waals surface area contributed by atoms with Crippen LogP contribution in [-0.4, -0.2) is 20.3 Å². The molecule has 0 aromatic heterocycles. The van der Waals surface area contributed by atoms with Gasteiger partial charge >= 0.3 is 0 Å². The summed E-state index contributed by atoms with van der Waals surface area (Å²) in [5, 5.41) is 5.67. The molecule has 11 heteroatoms. The molecule has 0 heterocycles. The van der Waals surface area contributed by atoms with Crippen molar-refractivity contribution in [3.63, 3.8) is 0 Å². The van der Waals surface area contributed by atoms with Gasteiger partial charge in [0.15, 0.2) is 5.96 Å². The third-order valence-corrected chi connectivity index (χ3v) is 3.95. The molecular weight excluding hydrogens is 391 g/mol. The van der Waals surface area contributed by atoms with E-state index in [2.05, 4.69) is 4.99 Å². The lowest BCUT2D eigenvalue weighted by atomic mass is 10.2. The molecule has 2 rings (SSSR count). The lowest BCUT2D eigenvalue weighted by Crippen LogP contribution is -2.24. The molecule has 6 N–H and O–H groups in total. The number of ether oxygens (including phenoxy) is 1. The highest BCUT2D eigenvalue weighted by atomic mass is 35.5. The molecular formula is C14H14Cl2N4O4S. The van der Waals surface area contributed by atoms with Gasteiger partial charge < -0.3 is 16.2 Å². The maximum absolute atomic E-state index is 11.8. The van der Waals surface area contributed by atoms with E-state index >= 15 is 0 Å². The second kappa shape index (κ2) is 8.17. The summed E-state index contributed by atoms with van der Waals surface area (Å²) < 4.78 is 29.0. The fraction of sp³-hybridized carbons (Fsp3) is 0. The molecule has 0 radical (unpaired) electrons. The monoisotopic (exact) mass is 404 g/mol. The van der Waals surface area contributed by atoms with E-state index in [1.54, 1.807) is 24.3 Å². The number of carbonyl (C=O) groups is 1. The van der Waals surface area contributed by atoms with Gasteiger partial charge in [-0.3, -0.25) is 4.79 Å². The first-order valence-electron chi connectivity index (χ1n) is 6.41. The number of rotatable bonds is 4. The molecule has 0 fully saturated rings. The number of nitrogens with two attached hydrogens (primary N) is 3. The van der Waals surface area contributed by atoms with Crippen LogP contribution in [0.4, 0.5) is 0 Å². The number of hydrogen-bond acceptors (Lipinski definition) is 4. The first kappa shape index (κ1) is 20.7. The largest absolute Gasteiger partial charge is 0.456 e. The normalized spacial score (nSPS) is 10.5. The number of carbonyl (C=O) groups excluding carboxylic acids is 1. The van der Waals surface area contributed by atoms with Gasteiger partial charge in [0.05, 0.1) is 0 Å². The van der Waals surface area contributed by atoms with E-state index in [1.165, 1.54) is 12.1 Å². The van der Waals surface area contributed by atoms with Crippen LogP contribution in [0.5, 0.6) is 11.5 Å². The highest BCUT2D eigenvalue weighted by Crippen LogP contribution is 2.30. The van der Waals surface area contributed by atoms with E-state index in [-0.39, 0.29) is 28.6 Å². The zero-order valence-corrected chi connectivity index (χ0v) is 14.9. The van der Waals surface area contributed by atoms with Gasteiger partial charge in [0.25, 0.3) is 5.91 Å². The minimum Gasteiger partial charge on any atom is -0.456 e. The van der Waals surface area contributed by atoms with Gasteiger partial charge in [-0.05, 0) is 42.5 Å². The number of nitrogens with zero attached hydrogens (tertiary/aromatic N) is 1. The zero-order valence-electron chi connectivity index (χ0n) is 12.5. The van der Waals surface area contributed by atoms with Gasteiger partial charge in [0, 0.05) is 10.6 Å². The summed E-state index contributed by atoms with van der Waals surface area (Å²) in [6.07, 6.45) is 0. The van der Waals surface area contributed by atoms with E-state index in [0.29, 0.717) is 10.8 Å². The smallest absolute Gasteiger partial charge is 0.280 e. The van der Waals surface area contributed by atoms with E-state index in [0.717, 1.165) is 6.07 Å². The van der Waals surface area contributed by atoms with Gasteiger partial charge in [-0.2, -0.15) is 4.99 Å². The maximum Gasteiger partial charge on any atom is 0.280 e. The topological polar surface area (TPSA) is 151 Å². The average Bonchev–Trinajstić information content (AvgIpc) is 2.48. The minimum absolute atomic E-state index is 0. The van der Waals surface area contributed by atoms with E-state index in [9.17, 15) is 13.2 Å². The van der Waals surface area contributed by atoms with Crippen molar-refractivity contribution in [2.75, 3.05) is 0 Å². The van der Waals surface area contributed by atoms with Gasteiger partial charge in [-0.15, -0.1) is 12.4 Å². The highest BCUT2D eigenvalue weighted by Gasteiger charge is 2.19. The number of amides is 1. The molecule has 1 amide bonds. The van der Waals surface area contributed by atoms with E-state index in [4.69, 9.17) is 32.9 Å². The van der Waals surface area contributed by atoms with Crippen LogP contribution >= 0.6 is 24.0 Å². The third-order valence-electron chi connectivity index (χ3n) is 2.77. The van der Waals surface area contributed by atoms with Crippen molar-refractivity contribution in [2.45, 2.75) is 4.90 Å². The number of sulfonamides is 1. The highest BCUT2D eigenvalue weighted by molar-refractivity contribution is 7.89. The molecule has 0 aliphatic rings. The van der Waals surface area contributed by atoms with Crippen LogP contribution in [0, 0.1) is 0 Å². The SMILES string of the molecule is Cl.NC(N)=NC(=O)c1ccc(Oc2ccc(Cl)cc2)c(S(N)(=O)=O)c1. The molecule has 0 aliphatic heterocycles. The number of halogens is 2. The van der Waals surface area contributed by atoms with Crippen LogP contribution in [0.3, 0.4) is 0 Å². The summed E-state index contributed by atoms with van der Waals surface area (Å²) in [6, 6.07) is 9.88. The van der Waals surface area contributed by atoms with Crippen LogP contribution in [0.1, 0.15) is 10.4 Å². The van der Waals surface area contributed by atoms with Crippen LogP contribution in [0.25, 0.3) is 0 Å². The number of hydrogen-bond donors (Lipinski definition) is 3. The van der Waals surface area contributed by atoms with Crippen molar-refractivity contribution in [2.24, 2.45) is 21.6 Å². The quantitative estimate of drug-likeness (QED) is 0.519. The van der Waals surface area contributed by atoms with Crippen LogP contribution < -0.4 is 21.3 Å². The number of guanidine groups is 1. The predicted molar refractivity (Wildman–Crippen MR) is 96.7 cm³/mol. The van der Waals surface area contributed by atoms with Crippen LogP contribution in [0.15, 0.2) is 52.4 Å². The average molecular weight is 405 g/mol. The number of benzene rings is 2. The maximum atomic E-state index is 11.8. The summed E-state index contributed by atoms with van der Waals surface area (Å²) in [5.74, 6) is -0.967. The molecule has 8 nitrogen and oxygen atoms in total. The van der Waals surface area contributed by atoms with Gasteiger partial charge in [-0.25, -0.2) is 13.6 Å². The summed E-state index contributed by atoms with van der Waals surface area (Å²) >= 11 is 5.77. The standard InChI is InChI=1S/C14H13ClN4O4S.ClH/c15-9-2-4-10(5-3-9)23-11-6-1-8(13(20)19-14(16)17)7-12(11)24(18,21)22;/h1-7H,(H2,18,21,22)(H4,16,17,19,20);1H. The molecule has 0 unspecified atom stereocenters. The Labute approximate surface area is 155 Å². The van der Waals surface area contributed by atoms with E-state index in [1.807, 2.05) is 0 Å². The summed E-state index contributed by atoms with van der Waals surface area (Å²) in [6.45, 7) is 0. The van der Waals surface area contributed by atoms with Crippen molar-refractivity contribution in [3.05, 3.63) is 53.1 Å². The Hall–Kier alpha value is -2.33. The van der Waals surface area contributed by atoms with Crippen LogP contribution in [-0.2, 0) is 10.0 Å².